The van der Waals surface area contributed by atoms with Crippen LogP contribution in [0.3, 0.4) is 0 Å². The van der Waals surface area contributed by atoms with Crippen molar-refractivity contribution >= 4 is 29.0 Å². The van der Waals surface area contributed by atoms with Crippen LogP contribution in [-0.2, 0) is 16.1 Å². The van der Waals surface area contributed by atoms with Gasteiger partial charge in [0.05, 0.1) is 6.54 Å². The molecule has 0 saturated heterocycles. The van der Waals surface area contributed by atoms with E-state index in [-0.39, 0.29) is 17.4 Å². The highest BCUT2D eigenvalue weighted by molar-refractivity contribution is 7.09. The van der Waals surface area contributed by atoms with Crippen LogP contribution in [0.5, 0.6) is 0 Å². The Morgan fingerprint density at radius 2 is 2.04 bits per heavy atom. The van der Waals surface area contributed by atoms with Gasteiger partial charge < -0.3 is 15.0 Å². The van der Waals surface area contributed by atoms with E-state index in [1.54, 1.807) is 13.8 Å². The molecular weight excluding hydrogens is 328 g/mol. The number of H-pyrrole nitrogens is 1. The van der Waals surface area contributed by atoms with Gasteiger partial charge in [0.25, 0.3) is 5.91 Å². The monoisotopic (exact) mass is 348 g/mol. The highest BCUT2D eigenvalue weighted by Crippen LogP contribution is 2.19. The molecule has 0 aliphatic rings. The van der Waals surface area contributed by atoms with Crippen molar-refractivity contribution < 1.29 is 19.1 Å². The largest absolute Gasteiger partial charge is 0.448 e. The lowest BCUT2D eigenvalue weighted by Gasteiger charge is -2.13. The van der Waals surface area contributed by atoms with E-state index in [0.717, 1.165) is 4.88 Å². The van der Waals surface area contributed by atoms with Crippen molar-refractivity contribution in [2.24, 2.45) is 0 Å². The van der Waals surface area contributed by atoms with Crippen molar-refractivity contribution in [2.75, 3.05) is 0 Å². The van der Waals surface area contributed by atoms with Gasteiger partial charge in [-0.3, -0.25) is 9.59 Å². The van der Waals surface area contributed by atoms with Gasteiger partial charge in [-0.15, -0.1) is 11.3 Å². The summed E-state index contributed by atoms with van der Waals surface area (Å²) in [5.74, 6) is -1.15. The molecule has 128 valence electrons. The Kier molecular flexibility index (Phi) is 5.56. The third-order valence-corrected chi connectivity index (χ3v) is 4.54. The van der Waals surface area contributed by atoms with Crippen molar-refractivity contribution in [3.8, 4) is 0 Å². The second kappa shape index (κ2) is 7.44. The number of aromatic amines is 1. The Labute approximate surface area is 144 Å². The molecular formula is C17H20N2O4S. The minimum absolute atomic E-state index is 0.123. The third-order valence-electron chi connectivity index (χ3n) is 3.66. The van der Waals surface area contributed by atoms with E-state index in [1.165, 1.54) is 25.2 Å². The highest BCUT2D eigenvalue weighted by atomic mass is 32.1. The standard InChI is InChI=1S/C17H20N2O4S/c1-9-14(11(3)20)10(2)19-15(9)17(22)23-12(4)16(21)18-8-13-6-5-7-24-13/h5-7,12,19H,8H2,1-4H3,(H,18,21). The number of aryl methyl sites for hydroxylation is 1. The van der Waals surface area contributed by atoms with Crippen LogP contribution < -0.4 is 5.32 Å². The van der Waals surface area contributed by atoms with Gasteiger partial charge in [0.1, 0.15) is 5.69 Å². The molecule has 0 aliphatic carbocycles. The molecule has 0 saturated carbocycles. The zero-order chi connectivity index (χ0) is 17.9. The molecule has 2 heterocycles. The lowest BCUT2D eigenvalue weighted by atomic mass is 10.1. The summed E-state index contributed by atoms with van der Waals surface area (Å²) in [6.45, 7) is 6.75. The van der Waals surface area contributed by atoms with Crippen LogP contribution in [-0.4, -0.2) is 28.7 Å². The summed E-state index contributed by atoms with van der Waals surface area (Å²) >= 11 is 1.54. The molecule has 2 aromatic heterocycles. The predicted molar refractivity (Wildman–Crippen MR) is 91.3 cm³/mol. The summed E-state index contributed by atoms with van der Waals surface area (Å²) < 4.78 is 5.21. The summed E-state index contributed by atoms with van der Waals surface area (Å²) in [4.78, 5) is 39.8. The van der Waals surface area contributed by atoms with E-state index in [4.69, 9.17) is 4.74 Å². The first-order chi connectivity index (χ1) is 11.3. The lowest BCUT2D eigenvalue weighted by molar-refractivity contribution is -0.129. The normalized spacial score (nSPS) is 11.8. The number of amides is 1. The summed E-state index contributed by atoms with van der Waals surface area (Å²) in [5.41, 5.74) is 1.84. The van der Waals surface area contributed by atoms with Crippen LogP contribution >= 0.6 is 11.3 Å². The van der Waals surface area contributed by atoms with Gasteiger partial charge in [-0.1, -0.05) is 6.07 Å². The SMILES string of the molecule is CC(=O)c1c(C)[nH]c(C(=O)OC(C)C(=O)NCc2cccs2)c1C. The number of esters is 1. The average Bonchev–Trinajstić information content (AvgIpc) is 3.12. The minimum atomic E-state index is -0.929. The molecule has 2 N–H and O–H groups in total. The van der Waals surface area contributed by atoms with E-state index < -0.39 is 12.1 Å². The molecule has 1 atom stereocenters. The third kappa shape index (κ3) is 3.91. The summed E-state index contributed by atoms with van der Waals surface area (Å²) in [6.07, 6.45) is -0.929. The Morgan fingerprint density at radius 3 is 2.58 bits per heavy atom. The molecule has 2 rings (SSSR count). The Balaban J connectivity index is 1.99. The number of rotatable bonds is 6. The van der Waals surface area contributed by atoms with Crippen LogP contribution in [0.25, 0.3) is 0 Å². The number of Topliss-reactive ketones (excluding diaryl/α,β-unsaturated/α-hetero) is 1. The molecule has 2 aromatic rings. The molecule has 0 bridgehead atoms. The molecule has 0 fully saturated rings. The maximum Gasteiger partial charge on any atom is 0.355 e. The molecule has 1 amide bonds. The number of carbonyl (C=O) groups excluding carboxylic acids is 3. The topological polar surface area (TPSA) is 88.3 Å². The van der Waals surface area contributed by atoms with Gasteiger partial charge >= 0.3 is 5.97 Å². The van der Waals surface area contributed by atoms with Gasteiger partial charge in [-0.2, -0.15) is 0 Å². The molecule has 24 heavy (non-hydrogen) atoms. The number of aromatic nitrogens is 1. The quantitative estimate of drug-likeness (QED) is 0.621. The fraction of sp³-hybridized carbons (Fsp3) is 0.353. The molecule has 0 aliphatic heterocycles. The van der Waals surface area contributed by atoms with Crippen molar-refractivity contribution in [1.29, 1.82) is 0 Å². The van der Waals surface area contributed by atoms with E-state index in [0.29, 0.717) is 23.4 Å². The average molecular weight is 348 g/mol. The second-order valence-electron chi connectivity index (χ2n) is 5.53. The fourth-order valence-electron chi connectivity index (χ4n) is 2.49. The number of ether oxygens (including phenoxy) is 1. The van der Waals surface area contributed by atoms with Crippen molar-refractivity contribution in [3.05, 3.63) is 44.9 Å². The van der Waals surface area contributed by atoms with Gasteiger partial charge in [0.15, 0.2) is 11.9 Å². The van der Waals surface area contributed by atoms with Gasteiger partial charge in [0.2, 0.25) is 0 Å². The minimum Gasteiger partial charge on any atom is -0.448 e. The number of thiophene rings is 1. The number of hydrogen-bond donors (Lipinski definition) is 2. The molecule has 0 radical (unpaired) electrons. The van der Waals surface area contributed by atoms with Crippen LogP contribution in [0.2, 0.25) is 0 Å². The first kappa shape index (κ1) is 17.9. The van der Waals surface area contributed by atoms with Crippen LogP contribution in [0.15, 0.2) is 17.5 Å². The van der Waals surface area contributed by atoms with Gasteiger partial charge in [-0.05, 0) is 44.7 Å². The van der Waals surface area contributed by atoms with Crippen molar-refractivity contribution in [3.63, 3.8) is 0 Å². The highest BCUT2D eigenvalue weighted by Gasteiger charge is 2.24. The van der Waals surface area contributed by atoms with Gasteiger partial charge in [0, 0.05) is 16.1 Å². The van der Waals surface area contributed by atoms with Crippen molar-refractivity contribution in [2.45, 2.75) is 40.3 Å². The first-order valence-corrected chi connectivity index (χ1v) is 8.40. The molecule has 7 heteroatoms. The van der Waals surface area contributed by atoms with Crippen LogP contribution in [0, 0.1) is 13.8 Å². The smallest absolute Gasteiger partial charge is 0.355 e. The second-order valence-corrected chi connectivity index (χ2v) is 6.56. The summed E-state index contributed by atoms with van der Waals surface area (Å²) in [6, 6.07) is 3.81. The maximum absolute atomic E-state index is 12.3. The maximum atomic E-state index is 12.3. The Hall–Kier alpha value is -2.41. The number of hydrogen-bond acceptors (Lipinski definition) is 5. The summed E-state index contributed by atoms with van der Waals surface area (Å²) in [7, 11) is 0. The Morgan fingerprint density at radius 1 is 1.33 bits per heavy atom. The fourth-order valence-corrected chi connectivity index (χ4v) is 3.13. The molecule has 0 spiro atoms. The van der Waals surface area contributed by atoms with E-state index in [2.05, 4.69) is 10.3 Å². The van der Waals surface area contributed by atoms with Crippen molar-refractivity contribution in [1.82, 2.24) is 10.3 Å². The number of carbonyl (C=O) groups is 3. The van der Waals surface area contributed by atoms with Gasteiger partial charge in [-0.25, -0.2) is 4.79 Å². The number of nitrogens with one attached hydrogen (secondary N) is 2. The van der Waals surface area contributed by atoms with E-state index in [9.17, 15) is 14.4 Å². The lowest BCUT2D eigenvalue weighted by Crippen LogP contribution is -2.35. The van der Waals surface area contributed by atoms with E-state index in [1.807, 2.05) is 17.5 Å². The predicted octanol–water partition coefficient (Wildman–Crippen LogP) is 2.76. The van der Waals surface area contributed by atoms with E-state index >= 15 is 0 Å². The summed E-state index contributed by atoms with van der Waals surface area (Å²) in [5, 5.41) is 4.65. The molecule has 0 aromatic carbocycles. The zero-order valence-electron chi connectivity index (χ0n) is 14.1. The molecule has 1 unspecified atom stereocenters. The van der Waals surface area contributed by atoms with Crippen LogP contribution in [0.4, 0.5) is 0 Å². The number of ketones is 1. The zero-order valence-corrected chi connectivity index (χ0v) is 14.9. The first-order valence-electron chi connectivity index (χ1n) is 7.52. The Bertz CT molecular complexity index is 762. The molecule has 6 nitrogen and oxygen atoms in total. The van der Waals surface area contributed by atoms with Crippen LogP contribution in [0.1, 0.15) is 50.8 Å².